The lowest BCUT2D eigenvalue weighted by atomic mass is 9.91. The molecule has 1 amide bonds. The number of hydrogen-bond donors (Lipinski definition) is 1. The highest BCUT2D eigenvalue weighted by atomic mass is 16.5. The summed E-state index contributed by atoms with van der Waals surface area (Å²) in [6, 6.07) is 9.64. The molecule has 1 aliphatic rings. The fraction of sp³-hybridized carbons (Fsp3) is 0.471. The molecule has 3 rings (SSSR count). The molecule has 1 saturated heterocycles. The lowest BCUT2D eigenvalue weighted by Gasteiger charge is -2.28. The first-order valence-corrected chi connectivity index (χ1v) is 8.14. The second-order valence-corrected chi connectivity index (χ2v) is 5.91. The number of ether oxygens (including phenoxy) is 1. The zero-order valence-corrected chi connectivity index (χ0v) is 13.3. The predicted octanol–water partition coefficient (Wildman–Crippen LogP) is 2.80. The molecule has 0 saturated carbocycles. The second kappa shape index (κ2) is 7.37. The van der Waals surface area contributed by atoms with Gasteiger partial charge in [0.05, 0.1) is 18.0 Å². The number of rotatable bonds is 5. The van der Waals surface area contributed by atoms with Crippen LogP contribution in [-0.2, 0) is 9.53 Å². The number of nitrogens with zero attached hydrogens (tertiary/aromatic N) is 3. The fourth-order valence-electron chi connectivity index (χ4n) is 2.97. The van der Waals surface area contributed by atoms with Crippen LogP contribution in [0, 0.1) is 5.92 Å². The number of para-hydroxylation sites is 1. The van der Waals surface area contributed by atoms with Gasteiger partial charge in [-0.2, -0.15) is 4.68 Å². The third-order valence-corrected chi connectivity index (χ3v) is 4.22. The highest BCUT2D eigenvalue weighted by Gasteiger charge is 2.23. The number of benzene rings is 1. The molecule has 122 valence electrons. The Balaban J connectivity index is 1.62. The Morgan fingerprint density at radius 3 is 3.00 bits per heavy atom. The number of anilines is 1. The number of aromatic nitrogens is 3. The van der Waals surface area contributed by atoms with Crippen LogP contribution in [0.15, 0.2) is 36.5 Å². The molecule has 0 aliphatic carbocycles. The Morgan fingerprint density at radius 2 is 2.22 bits per heavy atom. The van der Waals surface area contributed by atoms with Crippen LogP contribution in [0.2, 0.25) is 0 Å². The first kappa shape index (κ1) is 15.7. The van der Waals surface area contributed by atoms with Gasteiger partial charge < -0.3 is 10.1 Å². The average Bonchev–Trinajstić information content (AvgIpc) is 3.03. The number of nitrogens with one attached hydrogen (secondary N) is 1. The van der Waals surface area contributed by atoms with E-state index >= 15 is 0 Å². The highest BCUT2D eigenvalue weighted by Crippen LogP contribution is 2.25. The molecule has 2 aromatic rings. The van der Waals surface area contributed by atoms with E-state index in [1.807, 2.05) is 30.3 Å². The summed E-state index contributed by atoms with van der Waals surface area (Å²) < 4.78 is 7.30. The minimum absolute atomic E-state index is 0.00577. The van der Waals surface area contributed by atoms with Crippen molar-refractivity contribution in [1.29, 1.82) is 0 Å². The van der Waals surface area contributed by atoms with Gasteiger partial charge in [-0.05, 0) is 37.3 Å². The minimum Gasteiger partial charge on any atom is -0.378 e. The molecule has 0 bridgehead atoms. The van der Waals surface area contributed by atoms with Crippen LogP contribution in [0.1, 0.15) is 32.6 Å². The summed E-state index contributed by atoms with van der Waals surface area (Å²) in [7, 11) is 0. The first-order chi connectivity index (χ1) is 11.3. The van der Waals surface area contributed by atoms with Crippen LogP contribution in [0.4, 0.5) is 5.82 Å². The molecule has 0 spiro atoms. The van der Waals surface area contributed by atoms with Crippen LogP contribution in [-0.4, -0.2) is 33.6 Å². The number of hydrogen-bond acceptors (Lipinski definition) is 4. The Labute approximate surface area is 135 Å². The summed E-state index contributed by atoms with van der Waals surface area (Å²) in [5.41, 5.74) is 0.873. The molecule has 1 N–H and O–H groups in total. The molecule has 2 unspecified atom stereocenters. The van der Waals surface area contributed by atoms with Gasteiger partial charge in [0.1, 0.15) is 0 Å². The number of carbonyl (C=O) groups excluding carboxylic acids is 1. The van der Waals surface area contributed by atoms with E-state index in [1.54, 1.807) is 10.9 Å². The number of carbonyl (C=O) groups is 1. The Hall–Kier alpha value is -2.21. The zero-order chi connectivity index (χ0) is 16.1. The van der Waals surface area contributed by atoms with E-state index in [4.69, 9.17) is 4.74 Å². The predicted molar refractivity (Wildman–Crippen MR) is 87.4 cm³/mol. The monoisotopic (exact) mass is 314 g/mol. The molecule has 6 heteroatoms. The minimum atomic E-state index is 0.00577. The molecular weight excluding hydrogens is 292 g/mol. The molecule has 0 radical (unpaired) electrons. The van der Waals surface area contributed by atoms with E-state index in [0.717, 1.165) is 31.6 Å². The molecule has 1 aromatic carbocycles. The van der Waals surface area contributed by atoms with E-state index in [-0.39, 0.29) is 12.0 Å². The van der Waals surface area contributed by atoms with Crippen LogP contribution in [0.25, 0.3) is 5.69 Å². The second-order valence-electron chi connectivity index (χ2n) is 5.91. The largest absolute Gasteiger partial charge is 0.378 e. The quantitative estimate of drug-likeness (QED) is 0.921. The van der Waals surface area contributed by atoms with Crippen molar-refractivity contribution in [2.24, 2.45) is 5.92 Å². The van der Waals surface area contributed by atoms with Crippen molar-refractivity contribution in [3.8, 4) is 5.69 Å². The summed E-state index contributed by atoms with van der Waals surface area (Å²) in [5.74, 6) is 0.987. The maximum absolute atomic E-state index is 12.3. The molecule has 1 aliphatic heterocycles. The summed E-state index contributed by atoms with van der Waals surface area (Å²) in [6.45, 7) is 2.87. The summed E-state index contributed by atoms with van der Waals surface area (Å²) >= 11 is 0. The van der Waals surface area contributed by atoms with Gasteiger partial charge in [0.15, 0.2) is 5.82 Å². The summed E-state index contributed by atoms with van der Waals surface area (Å²) in [5, 5.41) is 10.9. The summed E-state index contributed by atoms with van der Waals surface area (Å²) in [4.78, 5) is 12.3. The van der Waals surface area contributed by atoms with Gasteiger partial charge in [0, 0.05) is 13.0 Å². The maximum atomic E-state index is 12.3. The van der Waals surface area contributed by atoms with Gasteiger partial charge >= 0.3 is 0 Å². The van der Waals surface area contributed by atoms with Crippen LogP contribution >= 0.6 is 0 Å². The Kier molecular flexibility index (Phi) is 5.02. The molecule has 1 aromatic heterocycles. The van der Waals surface area contributed by atoms with E-state index in [0.29, 0.717) is 18.2 Å². The normalized spacial score (nSPS) is 21.1. The van der Waals surface area contributed by atoms with Crippen molar-refractivity contribution < 1.29 is 9.53 Å². The van der Waals surface area contributed by atoms with Gasteiger partial charge in [0.25, 0.3) is 0 Å². The van der Waals surface area contributed by atoms with E-state index in [9.17, 15) is 4.79 Å². The third-order valence-electron chi connectivity index (χ3n) is 4.22. The van der Waals surface area contributed by atoms with E-state index in [2.05, 4.69) is 22.6 Å². The van der Waals surface area contributed by atoms with Crippen molar-refractivity contribution in [2.75, 3.05) is 11.9 Å². The molecular formula is C17H22N4O2. The smallest absolute Gasteiger partial charge is 0.225 e. The van der Waals surface area contributed by atoms with Crippen LogP contribution < -0.4 is 5.32 Å². The number of amides is 1. The SMILES string of the molecule is CCC1CC(CC(=O)Nc2cnnn2-c2ccccc2)CCO1. The topological polar surface area (TPSA) is 69.0 Å². The van der Waals surface area contributed by atoms with Gasteiger partial charge in [-0.3, -0.25) is 4.79 Å². The van der Waals surface area contributed by atoms with Crippen molar-refractivity contribution in [3.05, 3.63) is 36.5 Å². The van der Waals surface area contributed by atoms with Crippen LogP contribution in [0.3, 0.4) is 0 Å². The fourth-order valence-corrected chi connectivity index (χ4v) is 2.97. The van der Waals surface area contributed by atoms with Crippen molar-refractivity contribution in [1.82, 2.24) is 15.0 Å². The van der Waals surface area contributed by atoms with E-state index in [1.165, 1.54) is 0 Å². The zero-order valence-electron chi connectivity index (χ0n) is 13.3. The van der Waals surface area contributed by atoms with Crippen molar-refractivity contribution in [3.63, 3.8) is 0 Å². The Morgan fingerprint density at radius 1 is 1.39 bits per heavy atom. The third kappa shape index (κ3) is 3.96. The van der Waals surface area contributed by atoms with Gasteiger partial charge in [-0.15, -0.1) is 5.10 Å². The van der Waals surface area contributed by atoms with Gasteiger partial charge in [-0.25, -0.2) is 0 Å². The molecule has 2 atom stereocenters. The van der Waals surface area contributed by atoms with E-state index < -0.39 is 0 Å². The molecule has 1 fully saturated rings. The lowest BCUT2D eigenvalue weighted by Crippen LogP contribution is -2.28. The standard InChI is InChI=1S/C17H22N4O2/c1-2-15-10-13(8-9-23-15)11-17(22)19-16-12-18-20-21(16)14-6-4-3-5-7-14/h3-7,12-13,15H,2,8-11H2,1H3,(H,19,22). The van der Waals surface area contributed by atoms with Gasteiger partial charge in [0.2, 0.25) is 5.91 Å². The van der Waals surface area contributed by atoms with Crippen LogP contribution in [0.5, 0.6) is 0 Å². The Bertz CT molecular complexity index is 641. The molecule has 6 nitrogen and oxygen atoms in total. The average molecular weight is 314 g/mol. The first-order valence-electron chi connectivity index (χ1n) is 8.14. The van der Waals surface area contributed by atoms with Gasteiger partial charge in [-0.1, -0.05) is 30.3 Å². The lowest BCUT2D eigenvalue weighted by molar-refractivity contribution is -0.118. The summed E-state index contributed by atoms with van der Waals surface area (Å²) in [6.07, 6.45) is 5.28. The van der Waals surface area contributed by atoms with Crippen molar-refractivity contribution in [2.45, 2.75) is 38.7 Å². The maximum Gasteiger partial charge on any atom is 0.225 e. The molecule has 2 heterocycles. The molecule has 23 heavy (non-hydrogen) atoms. The van der Waals surface area contributed by atoms with Crippen molar-refractivity contribution >= 4 is 11.7 Å². The highest BCUT2D eigenvalue weighted by molar-refractivity contribution is 5.90.